The van der Waals surface area contributed by atoms with Crippen molar-refractivity contribution >= 4 is 11.7 Å². The number of rotatable bonds is 11. The lowest BCUT2D eigenvalue weighted by molar-refractivity contribution is -0.182. The third-order valence-corrected chi connectivity index (χ3v) is 8.91. The predicted octanol–water partition coefficient (Wildman–Crippen LogP) is 4.30. The Morgan fingerprint density at radius 2 is 1.89 bits per heavy atom. The number of carbonyl (C=O) groups excluding carboxylic acids is 1. The summed E-state index contributed by atoms with van der Waals surface area (Å²) in [7, 11) is 0. The van der Waals surface area contributed by atoms with E-state index in [1.54, 1.807) is 0 Å². The first kappa shape index (κ1) is 26.8. The standard InChI is InChI=1S/C30H45N3O4/c1-5-7-8-12-15-26-29-24(21-33(26)22(3)4)27(28(34)36-6-2)30(37-29,32-16-18-35-19-17-32)25(31-29)20-23-13-10-9-11-14-23/h9-11,13-14,22,24,26-27H,5-8,12,15-21H2,1-4H3/t24-,26-,27+,29+,30?/m0/s1. The monoisotopic (exact) mass is 511 g/mol. The molecule has 5 rings (SSSR count). The van der Waals surface area contributed by atoms with Crippen LogP contribution >= 0.6 is 0 Å². The number of benzene rings is 1. The molecule has 0 saturated carbocycles. The van der Waals surface area contributed by atoms with Gasteiger partial charge in [0, 0.05) is 38.0 Å². The molecule has 1 unspecified atom stereocenters. The summed E-state index contributed by atoms with van der Waals surface area (Å²) in [5.41, 5.74) is 0.593. The minimum absolute atomic E-state index is 0.0208. The zero-order valence-electron chi connectivity index (χ0n) is 23.2. The molecule has 4 aliphatic rings. The summed E-state index contributed by atoms with van der Waals surface area (Å²) in [6, 6.07) is 11.0. The van der Waals surface area contributed by atoms with Crippen LogP contribution in [0, 0.1) is 11.8 Å². The Balaban J connectivity index is 1.60. The molecule has 0 radical (unpaired) electrons. The molecule has 204 valence electrons. The number of fused-ring (bicyclic) bond motifs is 1. The molecule has 7 nitrogen and oxygen atoms in total. The second-order valence-corrected chi connectivity index (χ2v) is 11.4. The Bertz CT molecular complexity index is 963. The highest BCUT2D eigenvalue weighted by Gasteiger charge is 2.78. The van der Waals surface area contributed by atoms with E-state index in [1.807, 2.05) is 13.0 Å². The van der Waals surface area contributed by atoms with E-state index in [0.29, 0.717) is 32.3 Å². The minimum atomic E-state index is -0.874. The number of aliphatic imine (C=N–C) groups is 1. The number of unbranched alkanes of at least 4 members (excludes halogenated alkanes) is 3. The van der Waals surface area contributed by atoms with Crippen molar-refractivity contribution in [2.75, 3.05) is 39.5 Å². The number of carbonyl (C=O) groups is 1. The van der Waals surface area contributed by atoms with E-state index in [1.165, 1.54) is 24.8 Å². The lowest BCUT2D eigenvalue weighted by Crippen LogP contribution is -2.64. The molecule has 1 spiro atoms. The van der Waals surface area contributed by atoms with Gasteiger partial charge < -0.3 is 14.2 Å². The topological polar surface area (TPSA) is 63.6 Å². The Labute approximate surface area is 222 Å². The van der Waals surface area contributed by atoms with Gasteiger partial charge in [-0.2, -0.15) is 0 Å². The number of hydrogen-bond donors (Lipinski definition) is 0. The second kappa shape index (κ2) is 11.1. The maximum Gasteiger partial charge on any atom is 0.314 e. The normalized spacial score (nSPS) is 33.6. The molecule has 37 heavy (non-hydrogen) atoms. The largest absolute Gasteiger partial charge is 0.466 e. The SMILES string of the molecule is CCCCCC[C@@H]1N(C(C)C)C[C@H]2[C@H](C(=O)OCC)C3(N4CCOCC4)O[C@@]12N=C3Cc1ccccc1. The number of nitrogens with zero attached hydrogens (tertiary/aromatic N) is 3. The van der Waals surface area contributed by atoms with Crippen LogP contribution in [0.15, 0.2) is 35.3 Å². The van der Waals surface area contributed by atoms with Gasteiger partial charge in [-0.15, -0.1) is 0 Å². The Hall–Kier alpha value is -1.80. The molecule has 2 bridgehead atoms. The first-order valence-corrected chi connectivity index (χ1v) is 14.6. The Morgan fingerprint density at radius 3 is 2.57 bits per heavy atom. The van der Waals surface area contributed by atoms with Crippen LogP contribution < -0.4 is 0 Å². The van der Waals surface area contributed by atoms with Crippen molar-refractivity contribution in [3.8, 4) is 0 Å². The van der Waals surface area contributed by atoms with Crippen LogP contribution in [0.5, 0.6) is 0 Å². The van der Waals surface area contributed by atoms with E-state index >= 15 is 0 Å². The van der Waals surface area contributed by atoms with Crippen molar-refractivity contribution < 1.29 is 19.0 Å². The molecule has 4 heterocycles. The zero-order chi connectivity index (χ0) is 26.0. The third kappa shape index (κ3) is 4.56. The highest BCUT2D eigenvalue weighted by atomic mass is 16.6. The fourth-order valence-electron chi connectivity index (χ4n) is 7.31. The summed E-state index contributed by atoms with van der Waals surface area (Å²) in [5.74, 6) is -0.562. The molecule has 4 aliphatic heterocycles. The highest BCUT2D eigenvalue weighted by molar-refractivity contribution is 6.01. The lowest BCUT2D eigenvalue weighted by Gasteiger charge is -2.45. The number of hydrogen-bond acceptors (Lipinski definition) is 7. The van der Waals surface area contributed by atoms with Gasteiger partial charge in [0.05, 0.1) is 31.6 Å². The van der Waals surface area contributed by atoms with E-state index in [-0.39, 0.29) is 17.9 Å². The van der Waals surface area contributed by atoms with Crippen LogP contribution in [0.3, 0.4) is 0 Å². The summed E-state index contributed by atoms with van der Waals surface area (Å²) < 4.78 is 18.9. The van der Waals surface area contributed by atoms with Gasteiger partial charge in [0.25, 0.3) is 0 Å². The molecule has 1 aromatic carbocycles. The van der Waals surface area contributed by atoms with Crippen LogP contribution in [0.4, 0.5) is 0 Å². The molecule has 0 amide bonds. The van der Waals surface area contributed by atoms with Gasteiger partial charge in [-0.3, -0.25) is 19.6 Å². The van der Waals surface area contributed by atoms with Crippen molar-refractivity contribution in [2.45, 2.75) is 89.8 Å². The molecular weight excluding hydrogens is 466 g/mol. The summed E-state index contributed by atoms with van der Waals surface area (Å²) in [6.07, 6.45) is 6.54. The van der Waals surface area contributed by atoms with Gasteiger partial charge in [0.15, 0.2) is 11.4 Å². The van der Waals surface area contributed by atoms with E-state index in [9.17, 15) is 4.79 Å². The number of likely N-dealkylation sites (tertiary alicyclic amines) is 1. The first-order valence-electron chi connectivity index (χ1n) is 14.6. The predicted molar refractivity (Wildman–Crippen MR) is 145 cm³/mol. The molecular formula is C30H45N3O4. The van der Waals surface area contributed by atoms with Crippen LogP contribution in [0.2, 0.25) is 0 Å². The van der Waals surface area contributed by atoms with Crippen molar-refractivity contribution in [3.05, 3.63) is 35.9 Å². The van der Waals surface area contributed by atoms with E-state index in [2.05, 4.69) is 54.8 Å². The van der Waals surface area contributed by atoms with Gasteiger partial charge in [-0.05, 0) is 32.8 Å². The van der Waals surface area contributed by atoms with E-state index < -0.39 is 17.4 Å². The number of morpholine rings is 1. The van der Waals surface area contributed by atoms with Gasteiger partial charge in [0.2, 0.25) is 0 Å². The van der Waals surface area contributed by atoms with Gasteiger partial charge in [0.1, 0.15) is 5.92 Å². The van der Waals surface area contributed by atoms with E-state index in [0.717, 1.165) is 38.2 Å². The molecule has 5 atom stereocenters. The van der Waals surface area contributed by atoms with Crippen LogP contribution in [-0.2, 0) is 25.4 Å². The lowest BCUT2D eigenvalue weighted by atomic mass is 9.74. The fraction of sp³-hybridized carbons (Fsp3) is 0.733. The number of esters is 1. The first-order chi connectivity index (χ1) is 18.0. The maximum absolute atomic E-state index is 13.9. The summed E-state index contributed by atoms with van der Waals surface area (Å²) in [5, 5.41) is 0. The molecule has 3 fully saturated rings. The average Bonchev–Trinajstić information content (AvgIpc) is 3.50. The maximum atomic E-state index is 13.9. The quantitative estimate of drug-likeness (QED) is 0.326. The van der Waals surface area contributed by atoms with Crippen molar-refractivity contribution in [1.29, 1.82) is 0 Å². The molecule has 0 aliphatic carbocycles. The smallest absolute Gasteiger partial charge is 0.314 e. The zero-order valence-corrected chi connectivity index (χ0v) is 23.2. The van der Waals surface area contributed by atoms with Crippen LogP contribution in [-0.4, -0.2) is 84.5 Å². The van der Waals surface area contributed by atoms with Gasteiger partial charge in [-0.25, -0.2) is 0 Å². The summed E-state index contributed by atoms with van der Waals surface area (Å²) >= 11 is 0. The number of ether oxygens (including phenoxy) is 3. The molecule has 7 heteroatoms. The third-order valence-electron chi connectivity index (χ3n) is 8.91. The van der Waals surface area contributed by atoms with Crippen LogP contribution in [0.1, 0.15) is 65.4 Å². The Kier molecular flexibility index (Phi) is 8.06. The van der Waals surface area contributed by atoms with Crippen LogP contribution in [0.25, 0.3) is 0 Å². The van der Waals surface area contributed by atoms with Crippen molar-refractivity contribution in [3.63, 3.8) is 0 Å². The van der Waals surface area contributed by atoms with Crippen molar-refractivity contribution in [1.82, 2.24) is 9.80 Å². The van der Waals surface area contributed by atoms with E-state index in [4.69, 9.17) is 19.2 Å². The average molecular weight is 512 g/mol. The van der Waals surface area contributed by atoms with Gasteiger partial charge >= 0.3 is 5.97 Å². The molecule has 0 aromatic heterocycles. The molecule has 0 N–H and O–H groups in total. The van der Waals surface area contributed by atoms with Gasteiger partial charge in [-0.1, -0.05) is 62.9 Å². The molecule has 3 saturated heterocycles. The Morgan fingerprint density at radius 1 is 1.14 bits per heavy atom. The second-order valence-electron chi connectivity index (χ2n) is 11.4. The minimum Gasteiger partial charge on any atom is -0.466 e. The summed E-state index contributed by atoms with van der Waals surface area (Å²) in [4.78, 5) is 24.3. The van der Waals surface area contributed by atoms with Crippen molar-refractivity contribution in [2.24, 2.45) is 16.8 Å². The summed E-state index contributed by atoms with van der Waals surface area (Å²) in [6.45, 7) is 12.6. The molecule has 1 aromatic rings. The highest BCUT2D eigenvalue weighted by Crippen LogP contribution is 2.62. The fourth-order valence-corrected chi connectivity index (χ4v) is 7.31.